The zero-order chi connectivity index (χ0) is 16.3. The fourth-order valence-corrected chi connectivity index (χ4v) is 2.70. The van der Waals surface area contributed by atoms with Crippen LogP contribution in [0.4, 0.5) is 0 Å². The molecule has 0 aliphatic carbocycles. The number of phenols is 1. The number of benzene rings is 2. The van der Waals surface area contributed by atoms with Gasteiger partial charge in [-0.3, -0.25) is 4.79 Å². The Morgan fingerprint density at radius 1 is 1.14 bits per heavy atom. The van der Waals surface area contributed by atoms with Gasteiger partial charge in [0, 0.05) is 13.6 Å². The molecule has 22 heavy (non-hydrogen) atoms. The first-order valence-electron chi connectivity index (χ1n) is 6.57. The van der Waals surface area contributed by atoms with Crippen LogP contribution in [0.15, 0.2) is 36.4 Å². The summed E-state index contributed by atoms with van der Waals surface area (Å²) < 4.78 is 0. The van der Waals surface area contributed by atoms with Crippen molar-refractivity contribution in [2.45, 2.75) is 6.42 Å². The zero-order valence-electron chi connectivity index (χ0n) is 11.8. The van der Waals surface area contributed by atoms with Crippen LogP contribution >= 0.6 is 34.8 Å². The highest BCUT2D eigenvalue weighted by Gasteiger charge is 2.23. The number of hydrogen-bond donors (Lipinski definition) is 1. The first kappa shape index (κ1) is 16.9. The molecule has 116 valence electrons. The molecule has 0 aliphatic heterocycles. The SMILES string of the molecule is CN(CCc1ccccc1)C(=O)c1c(O)c(Cl)cc(Cl)c1Cl. The van der Waals surface area contributed by atoms with Crippen molar-refractivity contribution >= 4 is 40.7 Å². The molecule has 0 saturated heterocycles. The maximum absolute atomic E-state index is 12.5. The molecule has 0 aliphatic rings. The normalized spacial score (nSPS) is 10.5. The second-order valence-electron chi connectivity index (χ2n) is 4.84. The van der Waals surface area contributed by atoms with Gasteiger partial charge in [-0.05, 0) is 18.1 Å². The molecule has 0 unspecified atom stereocenters. The Hall–Kier alpha value is -1.42. The van der Waals surface area contributed by atoms with Gasteiger partial charge in [0.05, 0.1) is 15.1 Å². The third-order valence-corrected chi connectivity index (χ3v) is 4.36. The minimum atomic E-state index is -0.428. The summed E-state index contributed by atoms with van der Waals surface area (Å²) in [5.74, 6) is -0.782. The summed E-state index contributed by atoms with van der Waals surface area (Å²) >= 11 is 17.8. The highest BCUT2D eigenvalue weighted by Crippen LogP contribution is 2.38. The summed E-state index contributed by atoms with van der Waals surface area (Å²) in [5, 5.41) is 10.1. The standard InChI is InChI=1S/C16H14Cl3NO2/c1-20(8-7-10-5-3-2-4-6-10)16(22)13-14(19)11(17)9-12(18)15(13)21/h2-6,9,21H,7-8H2,1H3. The topological polar surface area (TPSA) is 40.5 Å². The van der Waals surface area contributed by atoms with E-state index in [4.69, 9.17) is 34.8 Å². The summed E-state index contributed by atoms with van der Waals surface area (Å²) in [5.41, 5.74) is 1.04. The Morgan fingerprint density at radius 2 is 1.77 bits per heavy atom. The van der Waals surface area contributed by atoms with Crippen LogP contribution in [0, 0.1) is 0 Å². The lowest BCUT2D eigenvalue weighted by atomic mass is 10.1. The van der Waals surface area contributed by atoms with E-state index in [-0.39, 0.29) is 26.4 Å². The molecule has 3 nitrogen and oxygen atoms in total. The highest BCUT2D eigenvalue weighted by atomic mass is 35.5. The quantitative estimate of drug-likeness (QED) is 0.807. The van der Waals surface area contributed by atoms with E-state index in [1.165, 1.54) is 11.0 Å². The van der Waals surface area contributed by atoms with E-state index in [0.717, 1.165) is 5.56 Å². The van der Waals surface area contributed by atoms with E-state index in [0.29, 0.717) is 13.0 Å². The first-order chi connectivity index (χ1) is 10.4. The van der Waals surface area contributed by atoms with Crippen LogP contribution in [-0.4, -0.2) is 29.5 Å². The van der Waals surface area contributed by atoms with Crippen LogP contribution in [0.5, 0.6) is 5.75 Å². The van der Waals surface area contributed by atoms with Gasteiger partial charge in [0.15, 0.2) is 0 Å². The summed E-state index contributed by atoms with van der Waals surface area (Å²) in [7, 11) is 1.63. The van der Waals surface area contributed by atoms with Crippen LogP contribution in [-0.2, 0) is 6.42 Å². The maximum Gasteiger partial charge on any atom is 0.259 e. The predicted octanol–water partition coefficient (Wildman–Crippen LogP) is 4.67. The molecule has 0 atom stereocenters. The Balaban J connectivity index is 2.18. The van der Waals surface area contributed by atoms with E-state index in [9.17, 15) is 9.90 Å². The molecule has 0 aromatic heterocycles. The van der Waals surface area contributed by atoms with Crippen molar-refractivity contribution in [3.8, 4) is 5.75 Å². The molecule has 1 amide bonds. The van der Waals surface area contributed by atoms with Crippen LogP contribution in [0.25, 0.3) is 0 Å². The molecule has 0 fully saturated rings. The summed E-state index contributed by atoms with van der Waals surface area (Å²) in [4.78, 5) is 13.9. The van der Waals surface area contributed by atoms with Gasteiger partial charge in [0.25, 0.3) is 5.91 Å². The van der Waals surface area contributed by atoms with Gasteiger partial charge >= 0.3 is 0 Å². The van der Waals surface area contributed by atoms with E-state index in [1.54, 1.807) is 7.05 Å². The van der Waals surface area contributed by atoms with Crippen molar-refractivity contribution in [3.63, 3.8) is 0 Å². The molecule has 6 heteroatoms. The number of hydrogen-bond acceptors (Lipinski definition) is 2. The summed E-state index contributed by atoms with van der Waals surface area (Å²) in [6, 6.07) is 11.1. The minimum absolute atomic E-state index is 0.000118. The molecule has 0 spiro atoms. The van der Waals surface area contributed by atoms with Crippen molar-refractivity contribution in [1.29, 1.82) is 0 Å². The molecule has 0 radical (unpaired) electrons. The number of carbonyl (C=O) groups is 1. The molecule has 2 aromatic carbocycles. The molecule has 0 bridgehead atoms. The lowest BCUT2D eigenvalue weighted by Gasteiger charge is -2.19. The first-order valence-corrected chi connectivity index (χ1v) is 7.71. The summed E-state index contributed by atoms with van der Waals surface area (Å²) in [6.45, 7) is 0.475. The molecule has 0 saturated carbocycles. The number of carbonyl (C=O) groups excluding carboxylic acids is 1. The highest BCUT2D eigenvalue weighted by molar-refractivity contribution is 6.45. The number of aromatic hydroxyl groups is 1. The fourth-order valence-electron chi connectivity index (χ4n) is 2.01. The Bertz CT molecular complexity index is 663. The molecule has 0 heterocycles. The average molecular weight is 359 g/mol. The second kappa shape index (κ2) is 7.23. The number of amides is 1. The van der Waals surface area contributed by atoms with E-state index in [1.807, 2.05) is 30.3 Å². The van der Waals surface area contributed by atoms with Crippen molar-refractivity contribution in [3.05, 3.63) is 62.6 Å². The fraction of sp³-hybridized carbons (Fsp3) is 0.188. The van der Waals surface area contributed by atoms with E-state index < -0.39 is 5.91 Å². The van der Waals surface area contributed by atoms with E-state index in [2.05, 4.69) is 0 Å². The van der Waals surface area contributed by atoms with Crippen molar-refractivity contribution in [2.24, 2.45) is 0 Å². The van der Waals surface area contributed by atoms with Gasteiger partial charge in [-0.2, -0.15) is 0 Å². The molecule has 2 rings (SSSR count). The van der Waals surface area contributed by atoms with Gasteiger partial charge in [-0.15, -0.1) is 0 Å². The minimum Gasteiger partial charge on any atom is -0.505 e. The van der Waals surface area contributed by atoms with Crippen LogP contribution in [0.3, 0.4) is 0 Å². The van der Waals surface area contributed by atoms with Crippen LogP contribution < -0.4 is 0 Å². The number of likely N-dealkylation sites (N-methyl/N-ethyl adjacent to an activating group) is 1. The third kappa shape index (κ3) is 3.67. The summed E-state index contributed by atoms with van der Waals surface area (Å²) in [6.07, 6.45) is 0.690. The Morgan fingerprint density at radius 3 is 2.41 bits per heavy atom. The zero-order valence-corrected chi connectivity index (χ0v) is 14.1. The molecule has 2 aromatic rings. The van der Waals surface area contributed by atoms with Gasteiger partial charge in [0.1, 0.15) is 11.3 Å². The Kier molecular flexibility index (Phi) is 5.57. The van der Waals surface area contributed by atoms with Crippen LogP contribution in [0.1, 0.15) is 15.9 Å². The van der Waals surface area contributed by atoms with Gasteiger partial charge in [0.2, 0.25) is 0 Å². The number of nitrogens with zero attached hydrogens (tertiary/aromatic N) is 1. The number of halogens is 3. The van der Waals surface area contributed by atoms with Gasteiger partial charge in [-0.25, -0.2) is 0 Å². The monoisotopic (exact) mass is 357 g/mol. The second-order valence-corrected chi connectivity index (χ2v) is 6.03. The van der Waals surface area contributed by atoms with E-state index >= 15 is 0 Å². The number of rotatable bonds is 4. The van der Waals surface area contributed by atoms with Crippen molar-refractivity contribution < 1.29 is 9.90 Å². The van der Waals surface area contributed by atoms with Gasteiger partial charge in [-0.1, -0.05) is 65.1 Å². The molecular weight excluding hydrogens is 345 g/mol. The maximum atomic E-state index is 12.5. The molecular formula is C16H14Cl3NO2. The largest absolute Gasteiger partial charge is 0.505 e. The smallest absolute Gasteiger partial charge is 0.259 e. The lowest BCUT2D eigenvalue weighted by Crippen LogP contribution is -2.29. The number of phenolic OH excluding ortho intramolecular Hbond substituents is 1. The third-order valence-electron chi connectivity index (χ3n) is 3.28. The van der Waals surface area contributed by atoms with Crippen molar-refractivity contribution in [2.75, 3.05) is 13.6 Å². The Labute approximate surface area is 144 Å². The van der Waals surface area contributed by atoms with Crippen LogP contribution in [0.2, 0.25) is 15.1 Å². The van der Waals surface area contributed by atoms with Gasteiger partial charge < -0.3 is 10.0 Å². The lowest BCUT2D eigenvalue weighted by molar-refractivity contribution is 0.0794. The van der Waals surface area contributed by atoms with Crippen molar-refractivity contribution in [1.82, 2.24) is 4.90 Å². The predicted molar refractivity (Wildman–Crippen MR) is 90.2 cm³/mol. The average Bonchev–Trinajstić information content (AvgIpc) is 2.51. The molecule has 1 N–H and O–H groups in total.